The Morgan fingerprint density at radius 2 is 2.31 bits per heavy atom. The summed E-state index contributed by atoms with van der Waals surface area (Å²) < 4.78 is 6.03. The maximum Gasteiger partial charge on any atom is 0.227 e. The number of carbonyl (C=O) groups excluding carboxylic acids is 1. The van der Waals surface area contributed by atoms with Crippen LogP contribution in [0.4, 0.5) is 5.82 Å². The predicted octanol–water partition coefficient (Wildman–Crippen LogP) is 2.52. The quantitative estimate of drug-likeness (QED) is 0.847. The van der Waals surface area contributed by atoms with Crippen LogP contribution in [0.1, 0.15) is 19.0 Å². The second kappa shape index (κ2) is 6.60. The van der Waals surface area contributed by atoms with Crippen LogP contribution in [0, 0.1) is 6.92 Å². The molecule has 0 bridgehead atoms. The number of halogens is 1. The minimum Gasteiger partial charge on any atom is -0.381 e. The summed E-state index contributed by atoms with van der Waals surface area (Å²) in [5, 5.41) is 2.72. The summed E-state index contributed by atoms with van der Waals surface area (Å²) in [5.74, 6) is 0.491. The lowest BCUT2D eigenvalue weighted by Crippen LogP contribution is -2.15. The van der Waals surface area contributed by atoms with Crippen LogP contribution in [-0.2, 0) is 9.53 Å². The minimum absolute atomic E-state index is 0.0809. The predicted molar refractivity (Wildman–Crippen MR) is 66.4 cm³/mol. The van der Waals surface area contributed by atoms with Crippen molar-refractivity contribution in [1.29, 1.82) is 0 Å². The number of carbonyl (C=O) groups is 1. The summed E-state index contributed by atoms with van der Waals surface area (Å²) in [7, 11) is 0. The Morgan fingerprint density at radius 1 is 1.56 bits per heavy atom. The van der Waals surface area contributed by atoms with Gasteiger partial charge < -0.3 is 10.1 Å². The molecule has 0 radical (unpaired) electrons. The molecule has 0 aliphatic rings. The molecule has 0 unspecified atom stereocenters. The van der Waals surface area contributed by atoms with Gasteiger partial charge in [-0.15, -0.1) is 0 Å². The number of amides is 1. The van der Waals surface area contributed by atoms with Crippen LogP contribution in [0.15, 0.2) is 16.6 Å². The van der Waals surface area contributed by atoms with Gasteiger partial charge in [0.2, 0.25) is 5.91 Å². The first kappa shape index (κ1) is 13.1. The second-order valence-corrected chi connectivity index (χ2v) is 4.11. The molecule has 1 heterocycles. The number of hydrogen-bond acceptors (Lipinski definition) is 3. The highest BCUT2D eigenvalue weighted by molar-refractivity contribution is 9.10. The highest BCUT2D eigenvalue weighted by Gasteiger charge is 2.04. The van der Waals surface area contributed by atoms with Crippen molar-refractivity contribution in [3.05, 3.63) is 22.3 Å². The van der Waals surface area contributed by atoms with Crippen LogP contribution >= 0.6 is 15.9 Å². The third-order valence-corrected chi connectivity index (χ3v) is 2.80. The van der Waals surface area contributed by atoms with Gasteiger partial charge >= 0.3 is 0 Å². The summed E-state index contributed by atoms with van der Waals surface area (Å²) in [6.45, 7) is 4.85. The van der Waals surface area contributed by atoms with Crippen molar-refractivity contribution in [2.45, 2.75) is 20.3 Å². The van der Waals surface area contributed by atoms with Gasteiger partial charge in [-0.2, -0.15) is 0 Å². The molecule has 0 spiro atoms. The highest BCUT2D eigenvalue weighted by atomic mass is 79.9. The van der Waals surface area contributed by atoms with Crippen molar-refractivity contribution in [3.8, 4) is 0 Å². The second-order valence-electron chi connectivity index (χ2n) is 3.26. The molecule has 0 saturated heterocycles. The molecular weight excluding hydrogens is 272 g/mol. The zero-order valence-electron chi connectivity index (χ0n) is 9.42. The van der Waals surface area contributed by atoms with E-state index >= 15 is 0 Å². The molecule has 1 aromatic heterocycles. The minimum atomic E-state index is -0.0809. The van der Waals surface area contributed by atoms with Crippen molar-refractivity contribution in [2.24, 2.45) is 0 Å². The highest BCUT2D eigenvalue weighted by Crippen LogP contribution is 2.16. The van der Waals surface area contributed by atoms with Crippen LogP contribution in [0.2, 0.25) is 0 Å². The number of ether oxygens (including phenoxy) is 1. The number of aryl methyl sites for hydroxylation is 1. The molecule has 1 N–H and O–H groups in total. The van der Waals surface area contributed by atoms with E-state index in [-0.39, 0.29) is 5.91 Å². The van der Waals surface area contributed by atoms with Crippen molar-refractivity contribution >= 4 is 27.7 Å². The molecule has 0 aliphatic heterocycles. The van der Waals surface area contributed by atoms with Gasteiger partial charge in [0.05, 0.1) is 18.7 Å². The number of hydrogen-bond donors (Lipinski definition) is 1. The van der Waals surface area contributed by atoms with Gasteiger partial charge in [0.25, 0.3) is 0 Å². The molecule has 1 aromatic rings. The van der Waals surface area contributed by atoms with Gasteiger partial charge in [0.15, 0.2) is 0 Å². The fourth-order valence-electron chi connectivity index (χ4n) is 1.13. The van der Waals surface area contributed by atoms with Gasteiger partial charge in [-0.05, 0) is 41.9 Å². The molecule has 0 fully saturated rings. The number of aromatic nitrogens is 1. The lowest BCUT2D eigenvalue weighted by molar-refractivity contribution is -0.117. The molecule has 1 rings (SSSR count). The van der Waals surface area contributed by atoms with Crippen molar-refractivity contribution < 1.29 is 9.53 Å². The molecule has 1 amide bonds. The molecule has 0 atom stereocenters. The van der Waals surface area contributed by atoms with Gasteiger partial charge in [0, 0.05) is 11.1 Å². The summed E-state index contributed by atoms with van der Waals surface area (Å²) in [4.78, 5) is 15.7. The van der Waals surface area contributed by atoms with Gasteiger partial charge in [0.1, 0.15) is 5.82 Å². The van der Waals surface area contributed by atoms with Crippen LogP contribution in [-0.4, -0.2) is 24.1 Å². The molecular formula is C11H15BrN2O2. The zero-order chi connectivity index (χ0) is 12.0. The zero-order valence-corrected chi connectivity index (χ0v) is 11.0. The first-order valence-electron chi connectivity index (χ1n) is 5.14. The SMILES string of the molecule is CCOCCC(=O)Nc1ccc(Br)c(C)n1. The topological polar surface area (TPSA) is 51.2 Å². The molecule has 16 heavy (non-hydrogen) atoms. The molecule has 0 aliphatic carbocycles. The Balaban J connectivity index is 2.46. The summed E-state index contributed by atoms with van der Waals surface area (Å²) in [6, 6.07) is 3.62. The summed E-state index contributed by atoms with van der Waals surface area (Å²) >= 11 is 3.35. The Labute approximate surface area is 104 Å². The van der Waals surface area contributed by atoms with Crippen LogP contribution in [0.5, 0.6) is 0 Å². The van der Waals surface area contributed by atoms with Crippen LogP contribution < -0.4 is 5.32 Å². The lowest BCUT2D eigenvalue weighted by Gasteiger charge is -2.06. The average molecular weight is 287 g/mol. The van der Waals surface area contributed by atoms with E-state index in [4.69, 9.17) is 4.74 Å². The van der Waals surface area contributed by atoms with E-state index in [0.717, 1.165) is 10.2 Å². The molecule has 88 valence electrons. The normalized spacial score (nSPS) is 10.2. The van der Waals surface area contributed by atoms with E-state index in [0.29, 0.717) is 25.5 Å². The lowest BCUT2D eigenvalue weighted by atomic mass is 10.3. The largest absolute Gasteiger partial charge is 0.381 e. The van der Waals surface area contributed by atoms with E-state index < -0.39 is 0 Å². The van der Waals surface area contributed by atoms with Crippen LogP contribution in [0.3, 0.4) is 0 Å². The van der Waals surface area contributed by atoms with Crippen molar-refractivity contribution in [1.82, 2.24) is 4.98 Å². The van der Waals surface area contributed by atoms with Gasteiger partial charge in [-0.25, -0.2) is 4.98 Å². The third kappa shape index (κ3) is 4.28. The standard InChI is InChI=1S/C11H15BrN2O2/c1-3-16-7-6-11(15)14-10-5-4-9(12)8(2)13-10/h4-5H,3,6-7H2,1-2H3,(H,13,14,15). The summed E-state index contributed by atoms with van der Waals surface area (Å²) in [5.41, 5.74) is 0.850. The van der Waals surface area contributed by atoms with Gasteiger partial charge in [-0.3, -0.25) is 4.79 Å². The average Bonchev–Trinajstić information content (AvgIpc) is 2.24. The molecule has 5 heteroatoms. The van der Waals surface area contributed by atoms with Crippen LogP contribution in [0.25, 0.3) is 0 Å². The van der Waals surface area contributed by atoms with Gasteiger partial charge in [-0.1, -0.05) is 0 Å². The van der Waals surface area contributed by atoms with Crippen molar-refractivity contribution in [2.75, 3.05) is 18.5 Å². The smallest absolute Gasteiger partial charge is 0.227 e. The number of nitrogens with zero attached hydrogens (tertiary/aromatic N) is 1. The summed E-state index contributed by atoms with van der Waals surface area (Å²) in [6.07, 6.45) is 0.352. The van der Waals surface area contributed by atoms with E-state index in [2.05, 4.69) is 26.2 Å². The van der Waals surface area contributed by atoms with E-state index in [1.54, 1.807) is 6.07 Å². The number of nitrogens with one attached hydrogen (secondary N) is 1. The fourth-order valence-corrected chi connectivity index (χ4v) is 1.35. The number of rotatable bonds is 5. The monoisotopic (exact) mass is 286 g/mol. The Hall–Kier alpha value is -0.940. The number of pyridine rings is 1. The Morgan fingerprint density at radius 3 is 2.94 bits per heavy atom. The Bertz CT molecular complexity index is 369. The maximum absolute atomic E-state index is 11.4. The molecule has 0 saturated carbocycles. The first-order chi connectivity index (χ1) is 7.63. The van der Waals surface area contributed by atoms with E-state index in [1.165, 1.54) is 0 Å². The first-order valence-corrected chi connectivity index (χ1v) is 5.93. The molecule has 0 aromatic carbocycles. The fraction of sp³-hybridized carbons (Fsp3) is 0.455. The number of anilines is 1. The molecule has 4 nitrogen and oxygen atoms in total. The van der Waals surface area contributed by atoms with E-state index in [9.17, 15) is 4.79 Å². The van der Waals surface area contributed by atoms with Crippen molar-refractivity contribution in [3.63, 3.8) is 0 Å². The maximum atomic E-state index is 11.4. The van der Waals surface area contributed by atoms with E-state index in [1.807, 2.05) is 19.9 Å². The Kier molecular flexibility index (Phi) is 5.42. The third-order valence-electron chi connectivity index (χ3n) is 1.97.